The molecular formula is C25H32N2O5. The highest BCUT2D eigenvalue weighted by atomic mass is 16.5. The van der Waals surface area contributed by atoms with Crippen LogP contribution in [0.25, 0.3) is 0 Å². The Bertz CT molecular complexity index is 876. The van der Waals surface area contributed by atoms with Crippen LogP contribution in [-0.4, -0.2) is 55.7 Å². The zero-order chi connectivity index (χ0) is 22.8. The van der Waals surface area contributed by atoms with E-state index in [4.69, 9.17) is 14.2 Å². The number of amides is 2. The van der Waals surface area contributed by atoms with Crippen molar-refractivity contribution in [1.82, 2.24) is 10.2 Å². The van der Waals surface area contributed by atoms with Crippen molar-refractivity contribution in [2.24, 2.45) is 0 Å². The SMILES string of the molecule is CCOc1ccc(CC(=O)NC2CCN(C(=O)COc3ccccc3OCC)CC2)cc1. The second kappa shape index (κ2) is 12.0. The zero-order valence-corrected chi connectivity index (χ0v) is 18.8. The lowest BCUT2D eigenvalue weighted by atomic mass is 10.0. The Morgan fingerprint density at radius 2 is 1.53 bits per heavy atom. The van der Waals surface area contributed by atoms with Gasteiger partial charge in [0.2, 0.25) is 5.91 Å². The molecule has 0 aliphatic carbocycles. The van der Waals surface area contributed by atoms with E-state index in [0.29, 0.717) is 44.2 Å². The average Bonchev–Trinajstić information content (AvgIpc) is 2.80. The van der Waals surface area contributed by atoms with Crippen molar-refractivity contribution >= 4 is 11.8 Å². The lowest BCUT2D eigenvalue weighted by molar-refractivity contribution is -0.134. The van der Waals surface area contributed by atoms with Crippen LogP contribution in [-0.2, 0) is 16.0 Å². The molecule has 7 heteroatoms. The van der Waals surface area contributed by atoms with Gasteiger partial charge in [-0.1, -0.05) is 24.3 Å². The summed E-state index contributed by atoms with van der Waals surface area (Å²) in [5.41, 5.74) is 0.947. The minimum atomic E-state index is -0.0598. The van der Waals surface area contributed by atoms with Gasteiger partial charge in [-0.25, -0.2) is 0 Å². The Kier molecular flexibility index (Phi) is 8.78. The number of nitrogens with zero attached hydrogens (tertiary/aromatic N) is 1. The highest BCUT2D eigenvalue weighted by Gasteiger charge is 2.24. The maximum atomic E-state index is 12.5. The number of rotatable bonds is 10. The molecule has 1 N–H and O–H groups in total. The van der Waals surface area contributed by atoms with Gasteiger partial charge in [-0.2, -0.15) is 0 Å². The topological polar surface area (TPSA) is 77.1 Å². The molecule has 172 valence electrons. The van der Waals surface area contributed by atoms with Gasteiger partial charge in [0.15, 0.2) is 18.1 Å². The van der Waals surface area contributed by atoms with Crippen LogP contribution in [0.3, 0.4) is 0 Å². The predicted molar refractivity (Wildman–Crippen MR) is 122 cm³/mol. The molecule has 1 heterocycles. The maximum Gasteiger partial charge on any atom is 0.260 e. The number of carbonyl (C=O) groups is 2. The highest BCUT2D eigenvalue weighted by Crippen LogP contribution is 2.26. The number of hydrogen-bond donors (Lipinski definition) is 1. The summed E-state index contributed by atoms with van der Waals surface area (Å²) < 4.78 is 16.6. The number of piperidine rings is 1. The third kappa shape index (κ3) is 6.90. The van der Waals surface area contributed by atoms with Crippen molar-refractivity contribution < 1.29 is 23.8 Å². The number of benzene rings is 2. The number of hydrogen-bond acceptors (Lipinski definition) is 5. The molecule has 2 aromatic carbocycles. The first-order valence-corrected chi connectivity index (χ1v) is 11.2. The molecule has 7 nitrogen and oxygen atoms in total. The van der Waals surface area contributed by atoms with Crippen LogP contribution in [0, 0.1) is 0 Å². The van der Waals surface area contributed by atoms with E-state index in [-0.39, 0.29) is 24.5 Å². The number of ether oxygens (including phenoxy) is 3. The summed E-state index contributed by atoms with van der Waals surface area (Å²) in [6.45, 7) is 6.17. The van der Waals surface area contributed by atoms with Crippen molar-refractivity contribution in [2.45, 2.75) is 39.2 Å². The van der Waals surface area contributed by atoms with Gasteiger partial charge in [0.05, 0.1) is 19.6 Å². The summed E-state index contributed by atoms with van der Waals surface area (Å²) in [5, 5.41) is 3.09. The quantitative estimate of drug-likeness (QED) is 0.614. The fourth-order valence-electron chi connectivity index (χ4n) is 3.68. The van der Waals surface area contributed by atoms with Crippen LogP contribution < -0.4 is 19.5 Å². The molecule has 2 amide bonds. The lowest BCUT2D eigenvalue weighted by Gasteiger charge is -2.32. The summed E-state index contributed by atoms with van der Waals surface area (Å²) in [6, 6.07) is 15.0. The molecule has 0 radical (unpaired) electrons. The van der Waals surface area contributed by atoms with E-state index < -0.39 is 0 Å². The molecule has 0 unspecified atom stereocenters. The number of likely N-dealkylation sites (tertiary alicyclic amines) is 1. The maximum absolute atomic E-state index is 12.5. The molecule has 0 aromatic heterocycles. The fourth-order valence-corrected chi connectivity index (χ4v) is 3.68. The molecule has 1 fully saturated rings. The number of carbonyl (C=O) groups excluding carboxylic acids is 2. The Balaban J connectivity index is 1.39. The zero-order valence-electron chi connectivity index (χ0n) is 18.8. The van der Waals surface area contributed by atoms with E-state index in [1.165, 1.54) is 0 Å². The van der Waals surface area contributed by atoms with Crippen LogP contribution >= 0.6 is 0 Å². The van der Waals surface area contributed by atoms with Crippen molar-refractivity contribution in [3.05, 3.63) is 54.1 Å². The molecule has 1 aliphatic heterocycles. The second-order valence-corrected chi connectivity index (χ2v) is 7.64. The first kappa shape index (κ1) is 23.4. The van der Waals surface area contributed by atoms with E-state index in [1.54, 1.807) is 11.0 Å². The summed E-state index contributed by atoms with van der Waals surface area (Å²) >= 11 is 0. The average molecular weight is 441 g/mol. The lowest BCUT2D eigenvalue weighted by Crippen LogP contribution is -2.48. The van der Waals surface area contributed by atoms with E-state index in [2.05, 4.69) is 5.32 Å². The summed E-state index contributed by atoms with van der Waals surface area (Å²) in [5.74, 6) is 1.94. The monoisotopic (exact) mass is 440 g/mol. The molecule has 0 bridgehead atoms. The van der Waals surface area contributed by atoms with E-state index >= 15 is 0 Å². The van der Waals surface area contributed by atoms with Gasteiger partial charge in [-0.05, 0) is 56.5 Å². The van der Waals surface area contributed by atoms with Gasteiger partial charge in [0, 0.05) is 19.1 Å². The largest absolute Gasteiger partial charge is 0.494 e. The normalized spacial score (nSPS) is 14.0. The smallest absolute Gasteiger partial charge is 0.260 e. The summed E-state index contributed by atoms with van der Waals surface area (Å²) in [4.78, 5) is 26.7. The molecule has 3 rings (SSSR count). The first-order valence-electron chi connectivity index (χ1n) is 11.2. The van der Waals surface area contributed by atoms with Gasteiger partial charge >= 0.3 is 0 Å². The van der Waals surface area contributed by atoms with E-state index in [0.717, 1.165) is 24.2 Å². The Morgan fingerprint density at radius 1 is 0.906 bits per heavy atom. The molecule has 1 saturated heterocycles. The van der Waals surface area contributed by atoms with Crippen LogP contribution in [0.1, 0.15) is 32.3 Å². The molecule has 1 aliphatic rings. The Hall–Kier alpha value is -3.22. The van der Waals surface area contributed by atoms with Gasteiger partial charge < -0.3 is 24.4 Å². The van der Waals surface area contributed by atoms with E-state index in [1.807, 2.05) is 56.3 Å². The van der Waals surface area contributed by atoms with Crippen molar-refractivity contribution in [1.29, 1.82) is 0 Å². The Labute approximate surface area is 189 Å². The minimum Gasteiger partial charge on any atom is -0.494 e. The van der Waals surface area contributed by atoms with Crippen molar-refractivity contribution in [3.63, 3.8) is 0 Å². The number of nitrogens with one attached hydrogen (secondary N) is 1. The van der Waals surface area contributed by atoms with Crippen LogP contribution in [0.2, 0.25) is 0 Å². The van der Waals surface area contributed by atoms with Crippen LogP contribution in [0.5, 0.6) is 17.2 Å². The van der Waals surface area contributed by atoms with Gasteiger partial charge in [0.1, 0.15) is 5.75 Å². The third-order valence-corrected chi connectivity index (χ3v) is 5.31. The van der Waals surface area contributed by atoms with Gasteiger partial charge in [-0.15, -0.1) is 0 Å². The molecule has 0 saturated carbocycles. The fraction of sp³-hybridized carbons (Fsp3) is 0.440. The third-order valence-electron chi connectivity index (χ3n) is 5.31. The van der Waals surface area contributed by atoms with Gasteiger partial charge in [-0.3, -0.25) is 9.59 Å². The van der Waals surface area contributed by atoms with Crippen molar-refractivity contribution in [3.8, 4) is 17.2 Å². The molecule has 0 atom stereocenters. The molecule has 0 spiro atoms. The van der Waals surface area contributed by atoms with Gasteiger partial charge in [0.25, 0.3) is 5.91 Å². The minimum absolute atomic E-state index is 0.00481. The molecule has 32 heavy (non-hydrogen) atoms. The number of para-hydroxylation sites is 2. The summed E-state index contributed by atoms with van der Waals surface area (Å²) in [6.07, 6.45) is 1.80. The van der Waals surface area contributed by atoms with Crippen LogP contribution in [0.15, 0.2) is 48.5 Å². The van der Waals surface area contributed by atoms with E-state index in [9.17, 15) is 9.59 Å². The summed E-state index contributed by atoms with van der Waals surface area (Å²) in [7, 11) is 0. The highest BCUT2D eigenvalue weighted by molar-refractivity contribution is 5.79. The Morgan fingerprint density at radius 3 is 2.16 bits per heavy atom. The molecular weight excluding hydrogens is 408 g/mol. The van der Waals surface area contributed by atoms with Crippen molar-refractivity contribution in [2.75, 3.05) is 32.9 Å². The first-order chi connectivity index (χ1) is 15.6. The molecule has 2 aromatic rings. The van der Waals surface area contributed by atoms with Crippen LogP contribution in [0.4, 0.5) is 0 Å². The second-order valence-electron chi connectivity index (χ2n) is 7.64. The predicted octanol–water partition coefficient (Wildman–Crippen LogP) is 3.21. The standard InChI is InChI=1S/C25H32N2O5/c1-3-30-21-11-9-19(10-12-21)17-24(28)26-20-13-15-27(16-14-20)25(29)18-32-23-8-6-5-7-22(23)31-4-2/h5-12,20H,3-4,13-18H2,1-2H3,(H,26,28).